The SMILES string of the molecule is COc1ccc2c(c1)N(C(C)C)CCNC2. The van der Waals surface area contributed by atoms with Gasteiger partial charge in [0.05, 0.1) is 7.11 Å². The number of nitrogens with one attached hydrogen (secondary N) is 1. The third kappa shape index (κ3) is 2.14. The Morgan fingerprint density at radius 3 is 2.88 bits per heavy atom. The van der Waals surface area contributed by atoms with E-state index in [1.807, 2.05) is 6.07 Å². The molecule has 1 heterocycles. The van der Waals surface area contributed by atoms with Crippen LogP contribution in [0.2, 0.25) is 0 Å². The summed E-state index contributed by atoms with van der Waals surface area (Å²) in [4.78, 5) is 2.43. The maximum Gasteiger partial charge on any atom is 0.120 e. The van der Waals surface area contributed by atoms with Crippen molar-refractivity contribution in [3.05, 3.63) is 23.8 Å². The van der Waals surface area contributed by atoms with E-state index in [0.29, 0.717) is 6.04 Å². The van der Waals surface area contributed by atoms with Crippen LogP contribution in [0.15, 0.2) is 18.2 Å². The van der Waals surface area contributed by atoms with Crippen LogP contribution in [0.1, 0.15) is 19.4 Å². The van der Waals surface area contributed by atoms with Crippen LogP contribution in [0.5, 0.6) is 5.75 Å². The van der Waals surface area contributed by atoms with Crippen LogP contribution in [0, 0.1) is 0 Å². The molecular formula is C13H20N2O. The van der Waals surface area contributed by atoms with Crippen molar-refractivity contribution in [2.24, 2.45) is 0 Å². The van der Waals surface area contributed by atoms with Crippen LogP contribution in [0.25, 0.3) is 0 Å². The average molecular weight is 220 g/mol. The van der Waals surface area contributed by atoms with Crippen molar-refractivity contribution in [3.63, 3.8) is 0 Å². The molecule has 1 aliphatic rings. The average Bonchev–Trinajstić information content (AvgIpc) is 2.49. The third-order valence-corrected chi connectivity index (χ3v) is 3.07. The summed E-state index contributed by atoms with van der Waals surface area (Å²) in [6, 6.07) is 6.85. The van der Waals surface area contributed by atoms with Gasteiger partial charge in [-0.05, 0) is 25.5 Å². The smallest absolute Gasteiger partial charge is 0.120 e. The van der Waals surface area contributed by atoms with Gasteiger partial charge >= 0.3 is 0 Å². The summed E-state index contributed by atoms with van der Waals surface area (Å²) in [5.41, 5.74) is 2.66. The molecule has 0 atom stereocenters. The van der Waals surface area contributed by atoms with E-state index in [0.717, 1.165) is 25.4 Å². The van der Waals surface area contributed by atoms with Gasteiger partial charge in [-0.2, -0.15) is 0 Å². The molecule has 0 aromatic heterocycles. The molecule has 1 aliphatic heterocycles. The molecule has 88 valence electrons. The van der Waals surface area contributed by atoms with Gasteiger partial charge in [-0.15, -0.1) is 0 Å². The largest absolute Gasteiger partial charge is 0.497 e. The first-order chi connectivity index (χ1) is 7.72. The van der Waals surface area contributed by atoms with E-state index >= 15 is 0 Å². The first kappa shape index (κ1) is 11.3. The van der Waals surface area contributed by atoms with Gasteiger partial charge in [-0.25, -0.2) is 0 Å². The van der Waals surface area contributed by atoms with Crippen molar-refractivity contribution in [1.29, 1.82) is 0 Å². The van der Waals surface area contributed by atoms with Crippen molar-refractivity contribution in [1.82, 2.24) is 5.32 Å². The van der Waals surface area contributed by atoms with Crippen LogP contribution in [0.3, 0.4) is 0 Å². The maximum atomic E-state index is 5.30. The number of ether oxygens (including phenoxy) is 1. The predicted octanol–water partition coefficient (Wildman–Crippen LogP) is 2.01. The van der Waals surface area contributed by atoms with E-state index in [4.69, 9.17) is 4.74 Å². The van der Waals surface area contributed by atoms with Gasteiger partial charge in [0.15, 0.2) is 0 Å². The molecule has 0 unspecified atom stereocenters. The summed E-state index contributed by atoms with van der Waals surface area (Å²) in [5.74, 6) is 0.936. The number of nitrogens with zero attached hydrogens (tertiary/aromatic N) is 1. The predicted molar refractivity (Wildman–Crippen MR) is 67.2 cm³/mol. The van der Waals surface area contributed by atoms with Gasteiger partial charge in [-0.3, -0.25) is 0 Å². The van der Waals surface area contributed by atoms with Gasteiger partial charge in [0.2, 0.25) is 0 Å². The first-order valence-corrected chi connectivity index (χ1v) is 5.86. The van der Waals surface area contributed by atoms with E-state index in [-0.39, 0.29) is 0 Å². The Kier molecular flexibility index (Phi) is 3.34. The molecule has 3 heteroatoms. The van der Waals surface area contributed by atoms with E-state index in [9.17, 15) is 0 Å². The fraction of sp³-hybridized carbons (Fsp3) is 0.538. The molecule has 1 N–H and O–H groups in total. The Hall–Kier alpha value is -1.22. The molecule has 0 saturated heterocycles. The molecule has 1 aromatic rings. The van der Waals surface area contributed by atoms with Crippen LogP contribution in [-0.4, -0.2) is 26.2 Å². The first-order valence-electron chi connectivity index (χ1n) is 5.86. The molecule has 0 aliphatic carbocycles. The lowest BCUT2D eigenvalue weighted by atomic mass is 10.1. The standard InChI is InChI=1S/C13H20N2O/c1-10(2)15-7-6-14-9-11-4-5-12(16-3)8-13(11)15/h4-5,8,10,14H,6-7,9H2,1-3H3. The lowest BCUT2D eigenvalue weighted by Crippen LogP contribution is -2.34. The Bertz CT molecular complexity index is 363. The molecule has 2 rings (SSSR count). The van der Waals surface area contributed by atoms with Crippen LogP contribution in [-0.2, 0) is 6.54 Å². The Morgan fingerprint density at radius 1 is 1.38 bits per heavy atom. The zero-order chi connectivity index (χ0) is 11.5. The number of anilines is 1. The summed E-state index contributed by atoms with van der Waals surface area (Å²) in [5, 5.41) is 3.44. The van der Waals surface area contributed by atoms with Crippen LogP contribution >= 0.6 is 0 Å². The lowest BCUT2D eigenvalue weighted by Gasteiger charge is -2.29. The second-order valence-electron chi connectivity index (χ2n) is 4.46. The number of hydrogen-bond donors (Lipinski definition) is 1. The Morgan fingerprint density at radius 2 is 2.19 bits per heavy atom. The summed E-state index contributed by atoms with van der Waals surface area (Å²) in [6.45, 7) is 7.50. The second kappa shape index (κ2) is 4.74. The summed E-state index contributed by atoms with van der Waals surface area (Å²) < 4.78 is 5.30. The molecule has 0 saturated carbocycles. The maximum absolute atomic E-state index is 5.30. The highest BCUT2D eigenvalue weighted by atomic mass is 16.5. The second-order valence-corrected chi connectivity index (χ2v) is 4.46. The number of hydrogen-bond acceptors (Lipinski definition) is 3. The van der Waals surface area contributed by atoms with Gasteiger partial charge in [0.25, 0.3) is 0 Å². The van der Waals surface area contributed by atoms with Crippen LogP contribution < -0.4 is 15.0 Å². The molecule has 0 spiro atoms. The number of rotatable bonds is 2. The molecule has 0 bridgehead atoms. The molecular weight excluding hydrogens is 200 g/mol. The van der Waals surface area contributed by atoms with Crippen molar-refractivity contribution in [2.45, 2.75) is 26.4 Å². The zero-order valence-electron chi connectivity index (χ0n) is 10.3. The number of fused-ring (bicyclic) bond motifs is 1. The van der Waals surface area contributed by atoms with E-state index in [1.54, 1.807) is 7.11 Å². The van der Waals surface area contributed by atoms with Gasteiger partial charge in [0.1, 0.15) is 5.75 Å². The van der Waals surface area contributed by atoms with Crippen LogP contribution in [0.4, 0.5) is 5.69 Å². The van der Waals surface area contributed by atoms with Gasteiger partial charge in [0, 0.05) is 37.4 Å². The van der Waals surface area contributed by atoms with E-state index < -0.39 is 0 Å². The fourth-order valence-corrected chi connectivity index (χ4v) is 2.17. The normalized spacial score (nSPS) is 15.9. The van der Waals surface area contributed by atoms with Crippen molar-refractivity contribution in [3.8, 4) is 5.75 Å². The highest BCUT2D eigenvalue weighted by Gasteiger charge is 2.17. The van der Waals surface area contributed by atoms with Crippen molar-refractivity contribution in [2.75, 3.05) is 25.1 Å². The fourth-order valence-electron chi connectivity index (χ4n) is 2.17. The minimum absolute atomic E-state index is 0.519. The topological polar surface area (TPSA) is 24.5 Å². The highest BCUT2D eigenvalue weighted by molar-refractivity contribution is 5.58. The van der Waals surface area contributed by atoms with E-state index in [1.165, 1.54) is 11.3 Å². The highest BCUT2D eigenvalue weighted by Crippen LogP contribution is 2.28. The van der Waals surface area contributed by atoms with Crippen molar-refractivity contribution >= 4 is 5.69 Å². The molecule has 16 heavy (non-hydrogen) atoms. The lowest BCUT2D eigenvalue weighted by molar-refractivity contribution is 0.414. The minimum atomic E-state index is 0.519. The molecule has 1 aromatic carbocycles. The molecule has 0 fully saturated rings. The third-order valence-electron chi connectivity index (χ3n) is 3.07. The van der Waals surface area contributed by atoms with Crippen molar-refractivity contribution < 1.29 is 4.74 Å². The Labute approximate surface area is 97.4 Å². The summed E-state index contributed by atoms with van der Waals surface area (Å²) in [6.07, 6.45) is 0. The van der Waals surface area contributed by atoms with E-state index in [2.05, 4.69) is 36.2 Å². The van der Waals surface area contributed by atoms with Gasteiger partial charge < -0.3 is 15.0 Å². The summed E-state index contributed by atoms with van der Waals surface area (Å²) in [7, 11) is 1.72. The summed E-state index contributed by atoms with van der Waals surface area (Å²) >= 11 is 0. The van der Waals surface area contributed by atoms with Gasteiger partial charge in [-0.1, -0.05) is 6.07 Å². The minimum Gasteiger partial charge on any atom is -0.497 e. The Balaban J connectivity index is 2.41. The zero-order valence-corrected chi connectivity index (χ0v) is 10.3. The number of benzene rings is 1. The number of methoxy groups -OCH3 is 1. The molecule has 0 radical (unpaired) electrons. The molecule has 0 amide bonds. The quantitative estimate of drug-likeness (QED) is 0.825. The monoisotopic (exact) mass is 220 g/mol. The molecule has 3 nitrogen and oxygen atoms in total.